The normalized spacial score (nSPS) is 11.0. The molecule has 1 aromatic heterocycles. The zero-order valence-corrected chi connectivity index (χ0v) is 23.8. The monoisotopic (exact) mass is 594 g/mol. The van der Waals surface area contributed by atoms with Crippen LogP contribution in [0.5, 0.6) is 17.2 Å². The number of hydrazone groups is 1. The molecule has 5 rings (SSSR count). The Bertz CT molecular complexity index is 1860. The number of carbonyl (C=O) groups is 1. The van der Waals surface area contributed by atoms with E-state index in [0.717, 1.165) is 29.5 Å². The van der Waals surface area contributed by atoms with Crippen LogP contribution in [0.25, 0.3) is 22.2 Å². The van der Waals surface area contributed by atoms with Gasteiger partial charge in [0.15, 0.2) is 5.75 Å². The molecule has 0 spiro atoms. The largest absolute Gasteiger partial charge is 0.496 e. The zero-order valence-electron chi connectivity index (χ0n) is 23.8. The van der Waals surface area contributed by atoms with E-state index in [4.69, 9.17) is 19.2 Å². The van der Waals surface area contributed by atoms with E-state index >= 15 is 0 Å². The summed E-state index contributed by atoms with van der Waals surface area (Å²) in [7, 11) is 1.47. The second-order valence-corrected chi connectivity index (χ2v) is 9.46. The van der Waals surface area contributed by atoms with Crippen LogP contribution in [0.3, 0.4) is 0 Å². The number of halogens is 1. The molecule has 0 aliphatic carbocycles. The van der Waals surface area contributed by atoms with Gasteiger partial charge in [0, 0.05) is 28.6 Å². The van der Waals surface area contributed by atoms with Crippen LogP contribution in [0.15, 0.2) is 96.1 Å². The van der Waals surface area contributed by atoms with Gasteiger partial charge in [0.05, 0.1) is 41.6 Å². The summed E-state index contributed by atoms with van der Waals surface area (Å²) in [6.45, 7) is 2.34. The number of rotatable bonds is 11. The van der Waals surface area contributed by atoms with Crippen molar-refractivity contribution in [3.63, 3.8) is 0 Å². The molecule has 0 saturated heterocycles. The number of nitro groups is 1. The molecule has 222 valence electrons. The molecule has 0 bridgehead atoms. The molecule has 5 aromatic rings. The van der Waals surface area contributed by atoms with Gasteiger partial charge in [-0.3, -0.25) is 14.9 Å². The standard InChI is InChI=1S/C33H27FN4O6/c1-3-43-25-12-9-22(10-13-25)29-18-27(26-6-4-5-7-28(26)36-29)33(39)37-35-19-21-8-15-31(42-2)23(16-21)20-44-32-17-24(34)11-14-30(32)38(40)41/h4-19H,3,20H2,1-2H3,(H,37,39)/b35-19+. The highest BCUT2D eigenvalue weighted by molar-refractivity contribution is 6.07. The predicted octanol–water partition coefficient (Wildman–Crippen LogP) is 6.70. The van der Waals surface area contributed by atoms with Crippen molar-refractivity contribution in [1.29, 1.82) is 0 Å². The van der Waals surface area contributed by atoms with Gasteiger partial charge in [-0.1, -0.05) is 18.2 Å². The molecule has 11 heteroatoms. The number of fused-ring (bicyclic) bond motifs is 1. The molecule has 10 nitrogen and oxygen atoms in total. The van der Waals surface area contributed by atoms with Crippen LogP contribution in [0.4, 0.5) is 10.1 Å². The average Bonchev–Trinajstić information content (AvgIpc) is 3.03. The van der Waals surface area contributed by atoms with Crippen LogP contribution in [0.1, 0.15) is 28.4 Å². The molecular weight excluding hydrogens is 567 g/mol. The average molecular weight is 595 g/mol. The summed E-state index contributed by atoms with van der Waals surface area (Å²) in [5.74, 6) is -0.106. The number of carbonyl (C=O) groups excluding carboxylic acids is 1. The van der Waals surface area contributed by atoms with E-state index in [1.165, 1.54) is 13.3 Å². The maximum Gasteiger partial charge on any atom is 0.311 e. The number of para-hydroxylation sites is 1. The number of pyridine rings is 1. The summed E-state index contributed by atoms with van der Waals surface area (Å²) >= 11 is 0. The van der Waals surface area contributed by atoms with Crippen molar-refractivity contribution in [2.24, 2.45) is 5.10 Å². The van der Waals surface area contributed by atoms with E-state index < -0.39 is 16.6 Å². The second-order valence-electron chi connectivity index (χ2n) is 9.46. The first-order valence-corrected chi connectivity index (χ1v) is 13.6. The number of hydrogen-bond donors (Lipinski definition) is 1. The molecule has 0 aliphatic rings. The summed E-state index contributed by atoms with van der Waals surface area (Å²) < 4.78 is 30.2. The van der Waals surface area contributed by atoms with Gasteiger partial charge < -0.3 is 14.2 Å². The fourth-order valence-electron chi connectivity index (χ4n) is 4.53. The number of ether oxygens (including phenoxy) is 3. The van der Waals surface area contributed by atoms with Gasteiger partial charge in [0.25, 0.3) is 5.91 Å². The molecule has 0 atom stereocenters. The van der Waals surface area contributed by atoms with Crippen LogP contribution >= 0.6 is 0 Å². The number of methoxy groups -OCH3 is 1. The Kier molecular flexibility index (Phi) is 9.05. The van der Waals surface area contributed by atoms with Crippen molar-refractivity contribution in [2.75, 3.05) is 13.7 Å². The van der Waals surface area contributed by atoms with Gasteiger partial charge in [-0.2, -0.15) is 5.10 Å². The predicted molar refractivity (Wildman–Crippen MR) is 164 cm³/mol. The van der Waals surface area contributed by atoms with E-state index in [1.807, 2.05) is 55.5 Å². The Balaban J connectivity index is 1.35. The summed E-state index contributed by atoms with van der Waals surface area (Å²) in [6.07, 6.45) is 1.45. The third-order valence-electron chi connectivity index (χ3n) is 6.61. The third-order valence-corrected chi connectivity index (χ3v) is 6.61. The van der Waals surface area contributed by atoms with Crippen molar-refractivity contribution >= 4 is 28.7 Å². The topological polar surface area (TPSA) is 125 Å². The molecule has 1 N–H and O–H groups in total. The minimum atomic E-state index is -0.664. The zero-order chi connectivity index (χ0) is 31.1. The van der Waals surface area contributed by atoms with Crippen LogP contribution in [0, 0.1) is 15.9 Å². The Morgan fingerprint density at radius 3 is 2.55 bits per heavy atom. The van der Waals surface area contributed by atoms with Gasteiger partial charge in [-0.15, -0.1) is 0 Å². The molecule has 0 fully saturated rings. The number of benzene rings is 4. The summed E-state index contributed by atoms with van der Waals surface area (Å²) in [5.41, 5.74) is 5.85. The van der Waals surface area contributed by atoms with Crippen LogP contribution in [0.2, 0.25) is 0 Å². The fraction of sp³-hybridized carbons (Fsp3) is 0.121. The first-order chi connectivity index (χ1) is 21.4. The first kappa shape index (κ1) is 29.6. The quantitative estimate of drug-likeness (QED) is 0.102. The van der Waals surface area contributed by atoms with Crippen molar-refractivity contribution in [3.05, 3.63) is 124 Å². The lowest BCUT2D eigenvalue weighted by atomic mass is 10.0. The fourth-order valence-corrected chi connectivity index (χ4v) is 4.53. The molecule has 1 amide bonds. The maximum atomic E-state index is 13.7. The molecule has 1 heterocycles. The molecular formula is C33H27FN4O6. The Hall–Kier alpha value is -5.84. The van der Waals surface area contributed by atoms with Gasteiger partial charge >= 0.3 is 5.69 Å². The molecule has 44 heavy (non-hydrogen) atoms. The number of amides is 1. The first-order valence-electron chi connectivity index (χ1n) is 13.6. The van der Waals surface area contributed by atoms with Crippen molar-refractivity contribution in [2.45, 2.75) is 13.5 Å². The second kappa shape index (κ2) is 13.4. The minimum absolute atomic E-state index is 0.140. The van der Waals surface area contributed by atoms with E-state index in [2.05, 4.69) is 10.5 Å². The van der Waals surface area contributed by atoms with Gasteiger partial charge in [-0.05, 0) is 73.2 Å². The highest BCUT2D eigenvalue weighted by atomic mass is 19.1. The van der Waals surface area contributed by atoms with Crippen molar-refractivity contribution in [1.82, 2.24) is 10.4 Å². The minimum Gasteiger partial charge on any atom is -0.496 e. The molecule has 0 saturated carbocycles. The smallest absolute Gasteiger partial charge is 0.311 e. The summed E-state index contributed by atoms with van der Waals surface area (Å²) in [5, 5.41) is 16.1. The number of nitro benzene ring substituents is 1. The molecule has 0 aliphatic heterocycles. The summed E-state index contributed by atoms with van der Waals surface area (Å²) in [4.78, 5) is 28.7. The van der Waals surface area contributed by atoms with Gasteiger partial charge in [0.1, 0.15) is 23.9 Å². The lowest BCUT2D eigenvalue weighted by molar-refractivity contribution is -0.386. The van der Waals surface area contributed by atoms with Crippen LogP contribution < -0.4 is 19.6 Å². The number of nitrogens with zero attached hydrogens (tertiary/aromatic N) is 3. The van der Waals surface area contributed by atoms with Crippen LogP contribution in [-0.4, -0.2) is 35.7 Å². The van der Waals surface area contributed by atoms with Crippen molar-refractivity contribution < 1.29 is 28.3 Å². The van der Waals surface area contributed by atoms with Gasteiger partial charge in [-0.25, -0.2) is 14.8 Å². The Morgan fingerprint density at radius 1 is 1.00 bits per heavy atom. The highest BCUT2D eigenvalue weighted by Crippen LogP contribution is 2.30. The Labute approximate surface area is 251 Å². The van der Waals surface area contributed by atoms with Gasteiger partial charge in [0.2, 0.25) is 0 Å². The number of hydrogen-bond acceptors (Lipinski definition) is 8. The molecule has 0 unspecified atom stereocenters. The lowest BCUT2D eigenvalue weighted by Crippen LogP contribution is -2.18. The third kappa shape index (κ3) is 6.79. The highest BCUT2D eigenvalue weighted by Gasteiger charge is 2.17. The van der Waals surface area contributed by atoms with E-state index in [0.29, 0.717) is 45.6 Å². The van der Waals surface area contributed by atoms with E-state index in [1.54, 1.807) is 24.3 Å². The molecule has 4 aromatic carbocycles. The SMILES string of the molecule is CCOc1ccc(-c2cc(C(=O)N/N=C/c3ccc(OC)c(COc4cc(F)ccc4[N+](=O)[O-])c3)c3ccccc3n2)cc1. The number of nitrogens with one attached hydrogen (secondary N) is 1. The summed E-state index contributed by atoms with van der Waals surface area (Å²) in [6, 6.07) is 24.6. The maximum absolute atomic E-state index is 13.7. The lowest BCUT2D eigenvalue weighted by Gasteiger charge is -2.11. The van der Waals surface area contributed by atoms with Crippen molar-refractivity contribution in [3.8, 4) is 28.5 Å². The molecule has 0 radical (unpaired) electrons. The van der Waals surface area contributed by atoms with E-state index in [-0.39, 0.29) is 18.0 Å². The van der Waals surface area contributed by atoms with E-state index in [9.17, 15) is 19.3 Å². The Morgan fingerprint density at radius 2 is 1.80 bits per heavy atom. The number of aromatic nitrogens is 1. The van der Waals surface area contributed by atoms with Crippen LogP contribution in [-0.2, 0) is 6.61 Å².